The number of hydrogen-bond donors (Lipinski definition) is 2. The van der Waals surface area contributed by atoms with E-state index in [1.165, 1.54) is 12.8 Å². The topological polar surface area (TPSA) is 71.9 Å². The summed E-state index contributed by atoms with van der Waals surface area (Å²) < 4.78 is 1.88. The summed E-state index contributed by atoms with van der Waals surface area (Å²) in [7, 11) is 0. The van der Waals surface area contributed by atoms with Crippen molar-refractivity contribution in [1.82, 2.24) is 4.57 Å². The fourth-order valence-electron chi connectivity index (χ4n) is 2.78. The van der Waals surface area contributed by atoms with Crippen molar-refractivity contribution >= 4 is 5.84 Å². The van der Waals surface area contributed by atoms with Crippen LogP contribution in [0.1, 0.15) is 62.7 Å². The van der Waals surface area contributed by atoms with Crippen LogP contribution in [0, 0.1) is 5.41 Å². The lowest BCUT2D eigenvalue weighted by atomic mass is 10.1. The number of nitrogen functional groups attached to an aromatic ring is 1. The van der Waals surface area contributed by atoms with Gasteiger partial charge in [-0.2, -0.15) is 0 Å². The highest BCUT2D eigenvalue weighted by molar-refractivity contribution is 5.94. The summed E-state index contributed by atoms with van der Waals surface area (Å²) in [5.41, 5.74) is 6.76. The third-order valence-corrected chi connectivity index (χ3v) is 3.72. The van der Waals surface area contributed by atoms with Crippen LogP contribution in [0.25, 0.3) is 0 Å². The average Bonchev–Trinajstić information content (AvgIpc) is 2.80. The third kappa shape index (κ3) is 2.19. The molecule has 1 aliphatic carbocycles. The van der Waals surface area contributed by atoms with Gasteiger partial charge in [0.15, 0.2) is 0 Å². The van der Waals surface area contributed by atoms with E-state index in [0.717, 1.165) is 18.5 Å². The van der Waals surface area contributed by atoms with Crippen molar-refractivity contribution in [3.63, 3.8) is 0 Å². The Kier molecular flexibility index (Phi) is 3.55. The van der Waals surface area contributed by atoms with E-state index in [0.29, 0.717) is 11.5 Å². The Morgan fingerprint density at radius 3 is 2.50 bits per heavy atom. The maximum Gasteiger partial charge on any atom is 0.262 e. The molecule has 3 N–H and O–H groups in total. The zero-order valence-corrected chi connectivity index (χ0v) is 11.1. The van der Waals surface area contributed by atoms with Crippen molar-refractivity contribution in [2.24, 2.45) is 5.73 Å². The molecule has 0 aliphatic heterocycles. The van der Waals surface area contributed by atoms with Gasteiger partial charge in [-0.05, 0) is 30.9 Å². The second kappa shape index (κ2) is 4.96. The van der Waals surface area contributed by atoms with Gasteiger partial charge >= 0.3 is 0 Å². The van der Waals surface area contributed by atoms with E-state index < -0.39 is 0 Å². The highest BCUT2D eigenvalue weighted by atomic mass is 16.1. The first kappa shape index (κ1) is 12.9. The summed E-state index contributed by atoms with van der Waals surface area (Å²) in [4.78, 5) is 12.5. The summed E-state index contributed by atoms with van der Waals surface area (Å²) >= 11 is 0. The molecule has 2 rings (SSSR count). The molecule has 1 saturated carbocycles. The lowest BCUT2D eigenvalue weighted by molar-refractivity contribution is 0.473. The van der Waals surface area contributed by atoms with Crippen LogP contribution in [0.15, 0.2) is 16.9 Å². The number of nitrogens with zero attached hydrogens (tertiary/aromatic N) is 1. The Hall–Kier alpha value is -1.58. The maximum atomic E-state index is 12.5. The molecule has 0 bridgehead atoms. The number of rotatable bonds is 3. The lowest BCUT2D eigenvalue weighted by Gasteiger charge is -2.22. The number of hydrogen-bond acceptors (Lipinski definition) is 2. The first-order valence-corrected chi connectivity index (χ1v) is 6.62. The number of nitrogens with two attached hydrogens (primary N) is 1. The normalized spacial score (nSPS) is 16.4. The molecule has 0 aromatic carbocycles. The first-order chi connectivity index (χ1) is 8.52. The van der Waals surface area contributed by atoms with Crippen LogP contribution in [0.3, 0.4) is 0 Å². The van der Waals surface area contributed by atoms with E-state index in [-0.39, 0.29) is 17.4 Å². The molecule has 1 aromatic heterocycles. The van der Waals surface area contributed by atoms with Gasteiger partial charge in [-0.1, -0.05) is 26.7 Å². The van der Waals surface area contributed by atoms with Crippen molar-refractivity contribution in [3.8, 4) is 0 Å². The zero-order valence-electron chi connectivity index (χ0n) is 11.1. The van der Waals surface area contributed by atoms with Gasteiger partial charge in [-0.3, -0.25) is 10.2 Å². The second-order valence-corrected chi connectivity index (χ2v) is 5.35. The molecule has 0 radical (unpaired) electrons. The Balaban J connectivity index is 2.60. The Morgan fingerprint density at radius 2 is 2.00 bits per heavy atom. The van der Waals surface area contributed by atoms with Crippen LogP contribution in [0.4, 0.5) is 0 Å². The molecule has 0 saturated heterocycles. The van der Waals surface area contributed by atoms with Gasteiger partial charge in [-0.25, -0.2) is 0 Å². The summed E-state index contributed by atoms with van der Waals surface area (Å²) in [6.45, 7) is 4.18. The summed E-state index contributed by atoms with van der Waals surface area (Å²) in [6, 6.07) is 3.92. The Labute approximate surface area is 107 Å². The molecular formula is C14H21N3O. The van der Waals surface area contributed by atoms with E-state index in [9.17, 15) is 4.79 Å². The average molecular weight is 247 g/mol. The number of nitrogens with one attached hydrogen (secondary N) is 1. The molecule has 1 heterocycles. The van der Waals surface area contributed by atoms with Gasteiger partial charge in [0.05, 0.1) is 5.56 Å². The van der Waals surface area contributed by atoms with Crippen LogP contribution in [0.5, 0.6) is 0 Å². The maximum absolute atomic E-state index is 12.5. The van der Waals surface area contributed by atoms with Gasteiger partial charge in [0.25, 0.3) is 5.56 Å². The van der Waals surface area contributed by atoms with Crippen molar-refractivity contribution in [3.05, 3.63) is 33.7 Å². The molecule has 98 valence electrons. The molecule has 0 atom stereocenters. The van der Waals surface area contributed by atoms with E-state index in [1.54, 1.807) is 6.07 Å². The SMILES string of the molecule is CC(C)c1ccc(C(=N)N)c(=O)n1C1CCCC1. The zero-order chi connectivity index (χ0) is 13.3. The highest BCUT2D eigenvalue weighted by Crippen LogP contribution is 2.31. The molecule has 1 aromatic rings. The van der Waals surface area contributed by atoms with Crippen molar-refractivity contribution < 1.29 is 0 Å². The van der Waals surface area contributed by atoms with Crippen LogP contribution >= 0.6 is 0 Å². The monoisotopic (exact) mass is 247 g/mol. The van der Waals surface area contributed by atoms with E-state index >= 15 is 0 Å². The molecule has 0 unspecified atom stereocenters. The molecule has 18 heavy (non-hydrogen) atoms. The van der Waals surface area contributed by atoms with E-state index in [4.69, 9.17) is 11.1 Å². The third-order valence-electron chi connectivity index (χ3n) is 3.72. The molecule has 1 fully saturated rings. The minimum absolute atomic E-state index is 0.0967. The van der Waals surface area contributed by atoms with Crippen molar-refractivity contribution in [2.75, 3.05) is 0 Å². The van der Waals surface area contributed by atoms with Gasteiger partial charge in [0, 0.05) is 11.7 Å². The quantitative estimate of drug-likeness (QED) is 0.635. The fourth-order valence-corrected chi connectivity index (χ4v) is 2.78. The van der Waals surface area contributed by atoms with Gasteiger partial charge in [-0.15, -0.1) is 0 Å². The van der Waals surface area contributed by atoms with Crippen molar-refractivity contribution in [1.29, 1.82) is 5.41 Å². The van der Waals surface area contributed by atoms with Gasteiger partial charge in [0.2, 0.25) is 0 Å². The van der Waals surface area contributed by atoms with E-state index in [1.807, 2.05) is 10.6 Å². The first-order valence-electron chi connectivity index (χ1n) is 6.62. The van der Waals surface area contributed by atoms with Crippen LogP contribution in [0.2, 0.25) is 0 Å². The summed E-state index contributed by atoms with van der Waals surface area (Å²) in [5, 5.41) is 7.49. The number of amidine groups is 1. The van der Waals surface area contributed by atoms with Gasteiger partial charge in [0.1, 0.15) is 5.84 Å². The molecule has 4 heteroatoms. The standard InChI is InChI=1S/C14H21N3O/c1-9(2)12-8-7-11(13(15)16)14(18)17(12)10-5-3-4-6-10/h7-10H,3-6H2,1-2H3,(H3,15,16). The predicted molar refractivity (Wildman–Crippen MR) is 73.3 cm³/mol. The minimum Gasteiger partial charge on any atom is -0.384 e. The highest BCUT2D eigenvalue weighted by Gasteiger charge is 2.23. The van der Waals surface area contributed by atoms with Crippen LogP contribution in [-0.2, 0) is 0 Å². The van der Waals surface area contributed by atoms with Crippen LogP contribution in [-0.4, -0.2) is 10.4 Å². The lowest BCUT2D eigenvalue weighted by Crippen LogP contribution is -2.33. The molecule has 1 aliphatic rings. The minimum atomic E-state index is -0.137. The fraction of sp³-hybridized carbons (Fsp3) is 0.571. The Bertz CT molecular complexity index is 510. The summed E-state index contributed by atoms with van der Waals surface area (Å²) in [6.07, 6.45) is 4.47. The molecular weight excluding hydrogens is 226 g/mol. The Morgan fingerprint density at radius 1 is 1.39 bits per heavy atom. The van der Waals surface area contributed by atoms with Gasteiger partial charge < -0.3 is 10.3 Å². The molecule has 0 amide bonds. The predicted octanol–water partition coefficient (Wildman–Crippen LogP) is 2.37. The van der Waals surface area contributed by atoms with Crippen molar-refractivity contribution in [2.45, 2.75) is 51.5 Å². The smallest absolute Gasteiger partial charge is 0.262 e. The number of pyridine rings is 1. The largest absolute Gasteiger partial charge is 0.384 e. The molecule has 4 nitrogen and oxygen atoms in total. The van der Waals surface area contributed by atoms with Crippen LogP contribution < -0.4 is 11.3 Å². The summed E-state index contributed by atoms with van der Waals surface area (Å²) in [5.74, 6) is 0.168. The number of aromatic nitrogens is 1. The van der Waals surface area contributed by atoms with E-state index in [2.05, 4.69) is 13.8 Å². The second-order valence-electron chi connectivity index (χ2n) is 5.35. The molecule has 0 spiro atoms.